The van der Waals surface area contributed by atoms with E-state index >= 15 is 0 Å². The number of halogens is 2. The van der Waals surface area contributed by atoms with Gasteiger partial charge in [-0.1, -0.05) is 6.08 Å². The maximum atomic E-state index is 12.4. The molecule has 64 valence electrons. The fourth-order valence-electron chi connectivity index (χ4n) is 0.505. The van der Waals surface area contributed by atoms with Gasteiger partial charge in [0, 0.05) is 0 Å². The lowest BCUT2D eigenvalue weighted by Crippen LogP contribution is -2.28. The first-order chi connectivity index (χ1) is 5.04. The number of rotatable bonds is 3. The molecule has 0 N–H and O–H groups in total. The van der Waals surface area contributed by atoms with E-state index in [2.05, 4.69) is 4.74 Å². The molecule has 0 heterocycles. The normalized spacial score (nSPS) is 12.0. The van der Waals surface area contributed by atoms with Crippen LogP contribution in [0.5, 0.6) is 0 Å². The Morgan fingerprint density at radius 2 is 2.18 bits per heavy atom. The number of ether oxygens (including phenoxy) is 1. The molecule has 0 aromatic carbocycles. The fraction of sp³-hybridized carbons (Fsp3) is 0.571. The first-order valence-electron chi connectivity index (χ1n) is 3.23. The van der Waals surface area contributed by atoms with E-state index in [1.165, 1.54) is 13.8 Å². The zero-order valence-corrected chi connectivity index (χ0v) is 6.43. The van der Waals surface area contributed by atoms with Gasteiger partial charge in [0.1, 0.15) is 0 Å². The van der Waals surface area contributed by atoms with Crippen LogP contribution in [0.3, 0.4) is 0 Å². The highest BCUT2D eigenvalue weighted by molar-refractivity contribution is 5.79. The average molecular weight is 164 g/mol. The first-order valence-corrected chi connectivity index (χ1v) is 3.23. The van der Waals surface area contributed by atoms with Gasteiger partial charge in [-0.2, -0.15) is 8.78 Å². The summed E-state index contributed by atoms with van der Waals surface area (Å²) in [7, 11) is 0. The molecule has 0 aliphatic rings. The van der Waals surface area contributed by atoms with Crippen molar-refractivity contribution < 1.29 is 18.3 Å². The Morgan fingerprint density at radius 1 is 1.64 bits per heavy atom. The second-order valence-corrected chi connectivity index (χ2v) is 1.84. The summed E-state index contributed by atoms with van der Waals surface area (Å²) >= 11 is 0. The van der Waals surface area contributed by atoms with Crippen LogP contribution in [0.4, 0.5) is 8.78 Å². The summed E-state index contributed by atoms with van der Waals surface area (Å²) in [6.45, 7) is 2.85. The molecule has 0 saturated heterocycles. The molecule has 0 aromatic rings. The van der Waals surface area contributed by atoms with Crippen LogP contribution in [0.1, 0.15) is 13.8 Å². The van der Waals surface area contributed by atoms with Crippen molar-refractivity contribution in [2.45, 2.75) is 19.8 Å². The standard InChI is InChI=1S/C7H10F2O2/c1-3-5-7(8,9)6(10)11-4-2/h3,5H,4H2,1-2H3/b5-3+. The lowest BCUT2D eigenvalue weighted by molar-refractivity contribution is -0.164. The Morgan fingerprint density at radius 3 is 2.55 bits per heavy atom. The smallest absolute Gasteiger partial charge is 0.381 e. The second-order valence-electron chi connectivity index (χ2n) is 1.84. The summed E-state index contributed by atoms with van der Waals surface area (Å²) in [6.07, 6.45) is 1.61. The van der Waals surface area contributed by atoms with Gasteiger partial charge >= 0.3 is 11.9 Å². The molecule has 0 aliphatic carbocycles. The van der Waals surface area contributed by atoms with Crippen LogP contribution in [-0.4, -0.2) is 18.5 Å². The molecule has 0 rings (SSSR count). The van der Waals surface area contributed by atoms with Crippen LogP contribution in [-0.2, 0) is 9.53 Å². The van der Waals surface area contributed by atoms with Gasteiger partial charge in [-0.3, -0.25) is 0 Å². The first kappa shape index (κ1) is 10.1. The number of hydrogen-bond donors (Lipinski definition) is 0. The maximum Gasteiger partial charge on any atom is 0.381 e. The largest absolute Gasteiger partial charge is 0.461 e. The second kappa shape index (κ2) is 4.05. The molecule has 0 spiro atoms. The van der Waals surface area contributed by atoms with Crippen LogP contribution in [0.2, 0.25) is 0 Å². The third kappa shape index (κ3) is 3.11. The van der Waals surface area contributed by atoms with Gasteiger partial charge < -0.3 is 4.74 Å². The minimum absolute atomic E-state index is 0.0357. The maximum absolute atomic E-state index is 12.4. The summed E-state index contributed by atoms with van der Waals surface area (Å²) in [5, 5.41) is 0. The lowest BCUT2D eigenvalue weighted by Gasteiger charge is -2.08. The zero-order valence-electron chi connectivity index (χ0n) is 6.43. The molecule has 4 heteroatoms. The summed E-state index contributed by atoms with van der Waals surface area (Å²) < 4.78 is 29.0. The lowest BCUT2D eigenvalue weighted by atomic mass is 10.3. The molecule has 2 nitrogen and oxygen atoms in total. The molecule has 0 saturated carbocycles. The van der Waals surface area contributed by atoms with Crippen LogP contribution in [0.25, 0.3) is 0 Å². The highest BCUT2D eigenvalue weighted by Crippen LogP contribution is 2.16. The fourth-order valence-corrected chi connectivity index (χ4v) is 0.505. The van der Waals surface area contributed by atoms with E-state index in [1.807, 2.05) is 0 Å². The predicted octanol–water partition coefficient (Wildman–Crippen LogP) is 1.76. The van der Waals surface area contributed by atoms with Gasteiger partial charge in [-0.15, -0.1) is 0 Å². The summed E-state index contributed by atoms with van der Waals surface area (Å²) in [4.78, 5) is 10.4. The summed E-state index contributed by atoms with van der Waals surface area (Å²) in [5.74, 6) is -4.98. The monoisotopic (exact) mass is 164 g/mol. The molecular formula is C7H10F2O2. The minimum Gasteiger partial charge on any atom is -0.461 e. The quantitative estimate of drug-likeness (QED) is 0.469. The Balaban J connectivity index is 4.17. The van der Waals surface area contributed by atoms with E-state index in [9.17, 15) is 13.6 Å². The number of carbonyl (C=O) groups is 1. The third-order valence-corrected chi connectivity index (χ3v) is 0.924. The molecule has 0 aliphatic heterocycles. The van der Waals surface area contributed by atoms with Crippen molar-refractivity contribution in [1.82, 2.24) is 0 Å². The average Bonchev–Trinajstić information content (AvgIpc) is 1.88. The molecule has 0 bridgehead atoms. The van der Waals surface area contributed by atoms with E-state index in [-0.39, 0.29) is 6.61 Å². The van der Waals surface area contributed by atoms with Crippen molar-refractivity contribution in [2.75, 3.05) is 6.61 Å². The molecule has 0 aromatic heterocycles. The molecule has 0 unspecified atom stereocenters. The highest BCUT2D eigenvalue weighted by Gasteiger charge is 2.36. The number of allylic oxidation sites excluding steroid dienone is 1. The van der Waals surface area contributed by atoms with E-state index in [4.69, 9.17) is 0 Å². The summed E-state index contributed by atoms with van der Waals surface area (Å²) in [5.41, 5.74) is 0. The van der Waals surface area contributed by atoms with Crippen molar-refractivity contribution in [3.8, 4) is 0 Å². The topological polar surface area (TPSA) is 26.3 Å². The van der Waals surface area contributed by atoms with Crippen molar-refractivity contribution in [3.05, 3.63) is 12.2 Å². The minimum atomic E-state index is -3.48. The SMILES string of the molecule is C/C=C/C(F)(F)C(=O)OCC. The molecule has 0 fully saturated rings. The Labute approximate surface area is 63.8 Å². The molecule has 0 radical (unpaired) electrons. The van der Waals surface area contributed by atoms with Crippen molar-refractivity contribution in [2.24, 2.45) is 0 Å². The number of hydrogen-bond acceptors (Lipinski definition) is 2. The van der Waals surface area contributed by atoms with E-state index < -0.39 is 11.9 Å². The summed E-state index contributed by atoms with van der Waals surface area (Å²) in [6, 6.07) is 0. The highest BCUT2D eigenvalue weighted by atomic mass is 19.3. The Hall–Kier alpha value is -0.930. The van der Waals surface area contributed by atoms with Crippen molar-refractivity contribution >= 4 is 5.97 Å². The number of esters is 1. The Kier molecular flexibility index (Phi) is 3.71. The molecule has 0 amide bonds. The predicted molar refractivity (Wildman–Crippen MR) is 36.4 cm³/mol. The van der Waals surface area contributed by atoms with E-state index in [0.29, 0.717) is 6.08 Å². The zero-order chi connectivity index (χ0) is 8.91. The number of carbonyl (C=O) groups excluding carboxylic acids is 1. The Bertz CT molecular complexity index is 164. The van der Waals surface area contributed by atoms with Crippen LogP contribution < -0.4 is 0 Å². The van der Waals surface area contributed by atoms with Crippen LogP contribution in [0.15, 0.2) is 12.2 Å². The van der Waals surface area contributed by atoms with Crippen molar-refractivity contribution in [3.63, 3.8) is 0 Å². The van der Waals surface area contributed by atoms with Gasteiger partial charge in [-0.25, -0.2) is 4.79 Å². The molecule has 11 heavy (non-hydrogen) atoms. The third-order valence-electron chi connectivity index (χ3n) is 0.924. The molecular weight excluding hydrogens is 154 g/mol. The van der Waals surface area contributed by atoms with Gasteiger partial charge in [-0.05, 0) is 19.9 Å². The van der Waals surface area contributed by atoms with E-state index in [1.54, 1.807) is 0 Å². The van der Waals surface area contributed by atoms with Gasteiger partial charge in [0.25, 0.3) is 0 Å². The van der Waals surface area contributed by atoms with Crippen LogP contribution in [0, 0.1) is 0 Å². The number of alkyl halides is 2. The van der Waals surface area contributed by atoms with Gasteiger partial charge in [0.15, 0.2) is 0 Å². The van der Waals surface area contributed by atoms with Crippen LogP contribution >= 0.6 is 0 Å². The molecule has 0 atom stereocenters. The van der Waals surface area contributed by atoms with Gasteiger partial charge in [0.2, 0.25) is 0 Å². The van der Waals surface area contributed by atoms with Gasteiger partial charge in [0.05, 0.1) is 6.61 Å². The van der Waals surface area contributed by atoms with Crippen molar-refractivity contribution in [1.29, 1.82) is 0 Å². The van der Waals surface area contributed by atoms with E-state index in [0.717, 1.165) is 6.08 Å².